The Kier molecular flexibility index (Phi) is 47.8. The number of ether oxygens (including phenoxy) is 1. The van der Waals surface area contributed by atoms with Gasteiger partial charge in [0.2, 0.25) is 0 Å². The Labute approximate surface area is 302 Å². The van der Waals surface area contributed by atoms with Crippen LogP contribution in [-0.2, 0) is 9.53 Å². The Morgan fingerprint density at radius 1 is 0.438 bits per heavy atom. The third-order valence-electron chi connectivity index (χ3n) is 9.73. The lowest BCUT2D eigenvalue weighted by atomic mass is 10.1. The van der Waals surface area contributed by atoms with E-state index in [-0.39, 0.29) is 5.97 Å². The predicted octanol–water partition coefficient (Wildman–Crippen LogP) is 12.6. The number of aliphatic hydroxyl groups is 1. The van der Waals surface area contributed by atoms with Gasteiger partial charge in [0.05, 0.1) is 6.61 Å². The largest absolute Gasteiger partial charge is 0.466 e. The number of nitrogens with zero attached hydrogens (tertiary/aromatic N) is 1. The first-order valence-electron chi connectivity index (χ1n) is 21.8. The van der Waals surface area contributed by atoms with Gasteiger partial charge < -0.3 is 20.1 Å². The summed E-state index contributed by atoms with van der Waals surface area (Å²) in [4.78, 5) is 14.7. The highest BCUT2D eigenvalue weighted by Crippen LogP contribution is 2.13. The van der Waals surface area contributed by atoms with Crippen molar-refractivity contribution in [3.63, 3.8) is 0 Å². The molecule has 290 valence electrons. The maximum atomic E-state index is 11.9. The van der Waals surface area contributed by atoms with E-state index in [2.05, 4.69) is 31.0 Å². The van der Waals surface area contributed by atoms with Crippen molar-refractivity contribution in [2.75, 3.05) is 46.4 Å². The van der Waals surface area contributed by atoms with Crippen molar-refractivity contribution in [2.45, 2.75) is 226 Å². The molecule has 0 heterocycles. The summed E-state index contributed by atoms with van der Waals surface area (Å²) in [7, 11) is 1.00. The maximum absolute atomic E-state index is 11.9. The van der Waals surface area contributed by atoms with Gasteiger partial charge in [0, 0.05) is 13.5 Å². The molecular formula is C43H90N2O3. The minimum Gasteiger partial charge on any atom is -0.466 e. The zero-order valence-electron chi connectivity index (χ0n) is 33.6. The molecule has 0 amide bonds. The molecule has 0 aliphatic heterocycles. The fraction of sp³-hybridized carbons (Fsp3) is 0.977. The van der Waals surface area contributed by atoms with Crippen LogP contribution in [0.5, 0.6) is 0 Å². The number of carbonyl (C=O) groups is 1. The van der Waals surface area contributed by atoms with E-state index in [1.54, 1.807) is 0 Å². The summed E-state index contributed by atoms with van der Waals surface area (Å²) in [6.07, 6.45) is 42.1. The normalized spacial score (nSPS) is 11.2. The molecule has 48 heavy (non-hydrogen) atoms. The SMILES string of the molecule is CCCCCCCCCOC(=O)CCCCCCCNCCCCCCCCCN(CCCCCCCC)CCCCCCCC.CO. The minimum atomic E-state index is 0.0110. The Bertz CT molecular complexity index is 558. The van der Waals surface area contributed by atoms with Gasteiger partial charge in [-0.2, -0.15) is 0 Å². The average molecular weight is 683 g/mol. The van der Waals surface area contributed by atoms with Crippen LogP contribution in [-0.4, -0.2) is 62.4 Å². The second-order valence-electron chi connectivity index (χ2n) is 14.5. The van der Waals surface area contributed by atoms with Crippen LogP contribution < -0.4 is 5.32 Å². The number of hydrogen-bond donors (Lipinski definition) is 2. The number of aliphatic hydroxyl groups excluding tert-OH is 1. The van der Waals surface area contributed by atoms with E-state index in [9.17, 15) is 4.79 Å². The van der Waals surface area contributed by atoms with Gasteiger partial charge in [-0.25, -0.2) is 0 Å². The number of hydrogen-bond acceptors (Lipinski definition) is 5. The van der Waals surface area contributed by atoms with Crippen LogP contribution in [0.15, 0.2) is 0 Å². The van der Waals surface area contributed by atoms with Crippen LogP contribution in [0, 0.1) is 0 Å². The molecule has 0 aromatic rings. The second-order valence-corrected chi connectivity index (χ2v) is 14.5. The summed E-state index contributed by atoms with van der Waals surface area (Å²) in [6.45, 7) is 13.8. The van der Waals surface area contributed by atoms with E-state index < -0.39 is 0 Å². The molecule has 0 saturated carbocycles. The van der Waals surface area contributed by atoms with E-state index in [4.69, 9.17) is 9.84 Å². The molecule has 0 aliphatic rings. The smallest absolute Gasteiger partial charge is 0.305 e. The zero-order chi connectivity index (χ0) is 35.4. The van der Waals surface area contributed by atoms with E-state index >= 15 is 0 Å². The van der Waals surface area contributed by atoms with Crippen molar-refractivity contribution in [1.29, 1.82) is 0 Å². The highest BCUT2D eigenvalue weighted by Gasteiger charge is 2.06. The molecule has 0 aromatic carbocycles. The maximum Gasteiger partial charge on any atom is 0.305 e. The van der Waals surface area contributed by atoms with Gasteiger partial charge in [-0.15, -0.1) is 0 Å². The minimum absolute atomic E-state index is 0.0110. The van der Waals surface area contributed by atoms with Gasteiger partial charge in [0.15, 0.2) is 0 Å². The molecule has 0 aromatic heterocycles. The summed E-state index contributed by atoms with van der Waals surface area (Å²) in [6, 6.07) is 0. The molecule has 0 unspecified atom stereocenters. The molecule has 0 radical (unpaired) electrons. The van der Waals surface area contributed by atoms with Gasteiger partial charge in [-0.1, -0.05) is 175 Å². The highest BCUT2D eigenvalue weighted by molar-refractivity contribution is 5.69. The van der Waals surface area contributed by atoms with Crippen molar-refractivity contribution in [3.05, 3.63) is 0 Å². The second kappa shape index (κ2) is 46.4. The van der Waals surface area contributed by atoms with Crippen LogP contribution in [0.1, 0.15) is 226 Å². The van der Waals surface area contributed by atoms with Gasteiger partial charge in [-0.3, -0.25) is 4.79 Å². The number of esters is 1. The first kappa shape index (κ1) is 49.5. The van der Waals surface area contributed by atoms with Crippen LogP contribution in [0.25, 0.3) is 0 Å². The average Bonchev–Trinajstić information content (AvgIpc) is 3.10. The molecule has 0 spiro atoms. The van der Waals surface area contributed by atoms with Gasteiger partial charge in [0.25, 0.3) is 0 Å². The molecule has 2 N–H and O–H groups in total. The van der Waals surface area contributed by atoms with E-state index in [1.807, 2.05) is 0 Å². The summed E-state index contributed by atoms with van der Waals surface area (Å²) >= 11 is 0. The summed E-state index contributed by atoms with van der Waals surface area (Å²) in [5, 5.41) is 10.6. The summed E-state index contributed by atoms with van der Waals surface area (Å²) in [5.74, 6) is 0.0110. The van der Waals surface area contributed by atoms with Crippen LogP contribution in [0.4, 0.5) is 0 Å². The number of rotatable bonds is 40. The lowest BCUT2D eigenvalue weighted by Crippen LogP contribution is -2.27. The Morgan fingerprint density at radius 3 is 1.15 bits per heavy atom. The summed E-state index contributed by atoms with van der Waals surface area (Å²) < 4.78 is 5.40. The quantitative estimate of drug-likeness (QED) is 0.0497. The summed E-state index contributed by atoms with van der Waals surface area (Å²) in [5.41, 5.74) is 0. The zero-order valence-corrected chi connectivity index (χ0v) is 33.6. The van der Waals surface area contributed by atoms with Crippen molar-refractivity contribution in [1.82, 2.24) is 10.2 Å². The third-order valence-corrected chi connectivity index (χ3v) is 9.73. The predicted molar refractivity (Wildman–Crippen MR) is 213 cm³/mol. The number of unbranched alkanes of at least 4 members (excludes halogenated alkanes) is 26. The molecular weight excluding hydrogens is 592 g/mol. The van der Waals surface area contributed by atoms with E-state index in [0.717, 1.165) is 32.9 Å². The molecule has 0 fully saturated rings. The number of nitrogens with one attached hydrogen (secondary N) is 1. The van der Waals surface area contributed by atoms with Crippen LogP contribution in [0.2, 0.25) is 0 Å². The fourth-order valence-electron chi connectivity index (χ4n) is 6.53. The standard InChI is InChI=1S/C42H86N2O2.CH4O/c1-4-7-10-13-19-27-34-41-46-42(45)35-28-21-20-23-30-37-43-36-29-22-17-16-18-26-33-40-44(38-31-24-14-11-8-5-2)39-32-25-15-12-9-6-3;1-2/h43H,4-41H2,1-3H3;2H,1H3. The molecule has 5 heteroatoms. The van der Waals surface area contributed by atoms with Crippen LogP contribution >= 0.6 is 0 Å². The van der Waals surface area contributed by atoms with Crippen molar-refractivity contribution < 1.29 is 14.6 Å². The molecule has 0 bridgehead atoms. The molecule has 5 nitrogen and oxygen atoms in total. The van der Waals surface area contributed by atoms with Gasteiger partial charge in [0.1, 0.15) is 0 Å². The van der Waals surface area contributed by atoms with Crippen molar-refractivity contribution in [3.8, 4) is 0 Å². The fourth-order valence-corrected chi connectivity index (χ4v) is 6.53. The first-order valence-corrected chi connectivity index (χ1v) is 21.8. The van der Waals surface area contributed by atoms with E-state index in [1.165, 1.54) is 206 Å². The highest BCUT2D eigenvalue weighted by atomic mass is 16.5. The number of carbonyl (C=O) groups excluding carboxylic acids is 1. The molecule has 0 rings (SSSR count). The van der Waals surface area contributed by atoms with Crippen LogP contribution in [0.3, 0.4) is 0 Å². The molecule has 0 aliphatic carbocycles. The Balaban J connectivity index is 0. The van der Waals surface area contributed by atoms with Gasteiger partial charge >= 0.3 is 5.97 Å². The molecule has 0 saturated heterocycles. The van der Waals surface area contributed by atoms with Crippen molar-refractivity contribution in [2.24, 2.45) is 0 Å². The Hall–Kier alpha value is -0.650. The molecule has 0 atom stereocenters. The topological polar surface area (TPSA) is 61.8 Å². The van der Waals surface area contributed by atoms with E-state index in [0.29, 0.717) is 13.0 Å². The van der Waals surface area contributed by atoms with Crippen molar-refractivity contribution >= 4 is 5.97 Å². The first-order chi connectivity index (χ1) is 23.7. The Morgan fingerprint density at radius 2 is 0.750 bits per heavy atom. The lowest BCUT2D eigenvalue weighted by Gasteiger charge is -2.22. The van der Waals surface area contributed by atoms with Gasteiger partial charge in [-0.05, 0) is 77.7 Å². The third kappa shape index (κ3) is 43.4. The monoisotopic (exact) mass is 683 g/mol. The lowest BCUT2D eigenvalue weighted by molar-refractivity contribution is -0.143.